The van der Waals surface area contributed by atoms with E-state index in [2.05, 4.69) is 162 Å². The Morgan fingerprint density at radius 3 is 1.45 bits per heavy atom. The van der Waals surface area contributed by atoms with Gasteiger partial charge in [0.2, 0.25) is 43.2 Å². The maximum Gasteiger partial charge on any atom is 0.489 e. The fourth-order valence-corrected chi connectivity index (χ4v) is 17.6. The molecule has 0 fully saturated rings. The van der Waals surface area contributed by atoms with E-state index in [1.165, 1.54) is 136 Å². The number of aliphatic carboxylic acids is 1. The second-order valence-electron chi connectivity index (χ2n) is 29.7. The number of pyridine rings is 2. The van der Waals surface area contributed by atoms with Crippen molar-refractivity contribution in [2.24, 2.45) is 35.2 Å². The highest BCUT2D eigenvalue weighted by molar-refractivity contribution is 9.12. The lowest BCUT2D eigenvalue weighted by Crippen LogP contribution is -2.38. The highest BCUT2D eigenvalue weighted by Gasteiger charge is 2.26. The average molecular weight is 2060 g/mol. The molecule has 0 saturated carbocycles. The fraction of sp³-hybridized carbons (Fsp3) is 0.195. The Balaban J connectivity index is 0.000000163. The number of carbonyl (C=O) groups excluding carboxylic acids is 1. The summed E-state index contributed by atoms with van der Waals surface area (Å²) in [5, 5.41) is 47.7. The van der Waals surface area contributed by atoms with Gasteiger partial charge in [0.25, 0.3) is 0 Å². The number of aromatic nitrogens is 16. The van der Waals surface area contributed by atoms with Crippen LogP contribution in [0.1, 0.15) is 52.6 Å². The van der Waals surface area contributed by atoms with Crippen LogP contribution in [0.4, 0.5) is 35.4 Å². The normalized spacial score (nSPS) is 12.3. The largest absolute Gasteiger partial charge is 0.535 e. The van der Waals surface area contributed by atoms with E-state index >= 15 is 0 Å². The minimum atomic E-state index is -1.51. The average Bonchev–Trinajstić information content (AvgIpc) is 1.66. The van der Waals surface area contributed by atoms with Gasteiger partial charge in [-0.15, -0.1) is 55.5 Å². The van der Waals surface area contributed by atoms with Crippen molar-refractivity contribution < 1.29 is 46.7 Å². The lowest BCUT2D eigenvalue weighted by atomic mass is 9.82. The second-order valence-corrected chi connectivity index (χ2v) is 44.0. The Bertz CT molecular complexity index is 6560. The zero-order valence-electron chi connectivity index (χ0n) is 70.3. The van der Waals surface area contributed by atoms with Gasteiger partial charge in [-0.25, -0.2) is 72.4 Å². The molecule has 0 spiro atoms. The third-order valence-corrected chi connectivity index (χ3v) is 24.2. The summed E-state index contributed by atoms with van der Waals surface area (Å²) >= 11 is 16.3. The summed E-state index contributed by atoms with van der Waals surface area (Å²) < 4.78 is 70.7. The molecule has 0 radical (unpaired) electrons. The number of carboxylic acids is 1. The third-order valence-electron chi connectivity index (χ3n) is 17.2. The summed E-state index contributed by atoms with van der Waals surface area (Å²) in [6.07, 6.45) is 4.28. The van der Waals surface area contributed by atoms with Gasteiger partial charge < -0.3 is 68.0 Å². The quantitative estimate of drug-likeness (QED) is 0.0156. The standard InChI is InChI=1S/C21H16FN7OS.C16H13BrFN5OS.C15H10BrFN6S.C11H12BrFN4.C8H21NOSi2.C6H8BNO3.C5H5NO2S/c1-28-9-13(4-7-17(28)30)18-19(12-2-5-14(22)6-3-12)26-21(23)29-20(18)25-16(27-29)8-15-10-31-11-24-15;17-14-12(6-20-13(24)5-11-7-25-8-21-11)22-16(19)23-15(14)9-1-3-10(18)4-2-9;16-12-13(8-1-3-9(17)4-2-8)21-15(18)23-14(12)20-11(22-23)5-10-6-24-7-19-10;12-9-8(5-14)16-11(15)17-10(9)6-1-3-7(13)4-2-6;1-8(9-11(2,3)4)10-12(5,6)7;1-8-4-5(7(10)11)2-3-6(8)9;7-5(8)1-4-2-9-3-6-4/h2-7,9-11H,8H2,1H3,(H2,23,26);1-4,7-8H,5-6H2,(H,20,24)(H2,19,22,23);1-4,6-7H,5H2,(H2,18,21);1-4,8H,5,14H2,(H3,15,16,17);1-7H3;2-4,10-11H,1H3;2-3H,1H2,(H,7,8). The molecule has 11 aromatic heterocycles. The number of carbonyl (C=O) groups is 2. The molecule has 47 heteroatoms. The van der Waals surface area contributed by atoms with Crippen molar-refractivity contribution in [3.05, 3.63) is 280 Å². The maximum absolute atomic E-state index is 13.5. The minimum absolute atomic E-state index is 0.0312. The molecule has 0 saturated heterocycles. The second kappa shape index (κ2) is 45.7. The maximum atomic E-state index is 13.5. The molecule has 1 atom stereocenters. The highest BCUT2D eigenvalue weighted by atomic mass is 79.9. The Kier molecular flexibility index (Phi) is 35.1. The molecule has 1 aliphatic heterocycles. The number of guanidine groups is 1. The summed E-state index contributed by atoms with van der Waals surface area (Å²) in [7, 11) is -1.06. The van der Waals surface area contributed by atoms with E-state index in [1.807, 2.05) is 23.1 Å². The lowest BCUT2D eigenvalue weighted by molar-refractivity contribution is -0.136. The van der Waals surface area contributed by atoms with E-state index in [0.717, 1.165) is 44.3 Å². The number of carboxylic acid groups (broad SMARTS) is 1. The first-order valence-electron chi connectivity index (χ1n) is 38.5. The SMILES string of the molecule is CC(=N[Si](C)(C)C)O[Si](C)(C)C.Cn1cc(-c2c(-c3ccc(F)cc3)nc(N)n3nc(Cc4cscn4)nc23)ccc1=O.Cn1cc(B(O)O)ccc1=O.NCC1N=C(N)NC(c2ccc(F)cc2)=C1Br.Nc1nc(-c2ccc(F)cc2)c(Br)c2nc(Cc3cscn3)nn12.Nc1nc(CNC(=O)Cc2cscn2)c(Br)c(-c2ccc(F)cc2)n1.O=C(O)Cc1cscn1. The molecular weight excluding hydrogens is 1970 g/mol. The number of nitrogens with two attached hydrogens (primary N) is 5. The first kappa shape index (κ1) is 99.0. The lowest BCUT2D eigenvalue weighted by Gasteiger charge is -2.23. The van der Waals surface area contributed by atoms with Gasteiger partial charge in [0.15, 0.2) is 43.0 Å². The number of rotatable bonds is 19. The molecule has 0 bridgehead atoms. The summed E-state index contributed by atoms with van der Waals surface area (Å²) in [6.45, 7) is 15.7. The van der Waals surface area contributed by atoms with E-state index in [1.54, 1.807) is 102 Å². The van der Waals surface area contributed by atoms with Crippen LogP contribution in [0.15, 0.2) is 210 Å². The minimum Gasteiger partial charge on any atom is -0.535 e. The number of halogens is 7. The Hall–Kier alpha value is -12.2. The van der Waals surface area contributed by atoms with Crippen molar-refractivity contribution in [2.75, 3.05) is 23.7 Å². The molecule has 1 aliphatic rings. The Morgan fingerprint density at radius 2 is 1.00 bits per heavy atom. The van der Waals surface area contributed by atoms with Gasteiger partial charge in [-0.3, -0.25) is 23.8 Å². The number of hydrogen-bond donors (Lipinski definition) is 10. The molecule has 12 heterocycles. The van der Waals surface area contributed by atoms with Gasteiger partial charge in [0.05, 0.1) is 126 Å². The van der Waals surface area contributed by atoms with E-state index in [9.17, 15) is 36.7 Å². The van der Waals surface area contributed by atoms with Gasteiger partial charge in [0, 0.05) is 100 Å². The van der Waals surface area contributed by atoms with Gasteiger partial charge in [0.1, 0.15) is 23.3 Å². The topological polar surface area (TPSA) is 490 Å². The van der Waals surface area contributed by atoms with Crippen molar-refractivity contribution in [1.29, 1.82) is 0 Å². The smallest absolute Gasteiger partial charge is 0.489 e. The van der Waals surface area contributed by atoms with Crippen LogP contribution in [0, 0.1) is 23.3 Å². The number of aryl methyl sites for hydroxylation is 2. The van der Waals surface area contributed by atoms with Gasteiger partial charge in [-0.1, -0.05) is 22.0 Å². The van der Waals surface area contributed by atoms with Gasteiger partial charge >= 0.3 is 13.1 Å². The summed E-state index contributed by atoms with van der Waals surface area (Å²) in [6, 6.07) is 29.7. The molecule has 129 heavy (non-hydrogen) atoms. The summed E-state index contributed by atoms with van der Waals surface area (Å²) in [5.41, 5.74) is 47.5. The zero-order chi connectivity index (χ0) is 93.6. The van der Waals surface area contributed by atoms with Crippen LogP contribution in [-0.2, 0) is 60.3 Å². The number of thiazole rings is 4. The molecule has 0 aliphatic carbocycles. The molecular formula is C82H85BBr3F4N25O8S4Si2. The molecule has 670 valence electrons. The Labute approximate surface area is 779 Å². The van der Waals surface area contributed by atoms with Crippen LogP contribution >= 0.6 is 93.1 Å². The first-order chi connectivity index (χ1) is 61.2. The van der Waals surface area contributed by atoms with E-state index in [4.69, 9.17) is 53.2 Å². The number of anilines is 3. The molecule has 4 aromatic carbocycles. The van der Waals surface area contributed by atoms with Crippen LogP contribution in [0.3, 0.4) is 0 Å². The van der Waals surface area contributed by atoms with Crippen molar-refractivity contribution in [1.82, 2.24) is 88.8 Å². The predicted octanol–water partition coefficient (Wildman–Crippen LogP) is 12.3. The first-order valence-corrected chi connectivity index (χ1v) is 51.5. The molecule has 15 aromatic rings. The van der Waals surface area contributed by atoms with E-state index in [-0.39, 0.29) is 83.6 Å². The van der Waals surface area contributed by atoms with Crippen LogP contribution in [0.25, 0.3) is 61.9 Å². The fourth-order valence-electron chi connectivity index (χ4n) is 11.7. The summed E-state index contributed by atoms with van der Waals surface area (Å²) in [5.74, 6) is 0.500. The van der Waals surface area contributed by atoms with Crippen LogP contribution in [-0.4, -0.2) is 153 Å². The number of nitrogen functional groups attached to an aromatic ring is 3. The number of nitrogens with one attached hydrogen (secondary N) is 2. The van der Waals surface area contributed by atoms with Crippen molar-refractivity contribution in [2.45, 2.75) is 84.5 Å². The van der Waals surface area contributed by atoms with Crippen LogP contribution < -0.4 is 55.9 Å². The van der Waals surface area contributed by atoms with Crippen molar-refractivity contribution >= 4 is 181 Å². The number of aliphatic imine (C=N–C) groups is 1. The third kappa shape index (κ3) is 29.2. The molecule has 16 rings (SSSR count). The molecule has 33 nitrogen and oxygen atoms in total. The van der Waals surface area contributed by atoms with Crippen LogP contribution in [0.2, 0.25) is 39.3 Å². The molecule has 15 N–H and O–H groups in total. The molecule has 1 amide bonds. The van der Waals surface area contributed by atoms with Crippen molar-refractivity contribution in [3.8, 4) is 44.9 Å². The van der Waals surface area contributed by atoms with Gasteiger partial charge in [-0.05, 0) is 185 Å². The molecule has 1 unspecified atom stereocenters. The number of fused-ring (bicyclic) bond motifs is 2. The highest BCUT2D eigenvalue weighted by Crippen LogP contribution is 2.37. The van der Waals surface area contributed by atoms with Crippen molar-refractivity contribution in [3.63, 3.8) is 0 Å². The zero-order valence-corrected chi connectivity index (χ0v) is 80.3. The van der Waals surface area contributed by atoms with E-state index < -0.39 is 29.6 Å². The predicted molar refractivity (Wildman–Crippen MR) is 512 cm³/mol. The van der Waals surface area contributed by atoms with Crippen LogP contribution in [0.5, 0.6) is 0 Å². The number of amides is 1. The number of hydrogen-bond acceptors (Lipinski definition) is 31. The number of benzene rings is 4. The Morgan fingerprint density at radius 1 is 0.566 bits per heavy atom. The summed E-state index contributed by atoms with van der Waals surface area (Å²) in [4.78, 5) is 91.8. The van der Waals surface area contributed by atoms with E-state index in [0.29, 0.717) is 113 Å². The van der Waals surface area contributed by atoms with Gasteiger partial charge in [-0.2, -0.15) is 9.03 Å². The number of nitrogens with zero attached hydrogens (tertiary/aromatic N) is 18. The monoisotopic (exact) mass is 2060 g/mol.